The highest BCUT2D eigenvalue weighted by atomic mass is 19.1. The Bertz CT molecular complexity index is 1380. The minimum atomic E-state index is -0.770. The van der Waals surface area contributed by atoms with E-state index < -0.39 is 23.5 Å². The van der Waals surface area contributed by atoms with Gasteiger partial charge in [-0.15, -0.1) is 0 Å². The molecular weight excluding hydrogens is 427 g/mol. The molecule has 33 heavy (non-hydrogen) atoms. The van der Waals surface area contributed by atoms with Crippen LogP contribution in [0.3, 0.4) is 0 Å². The van der Waals surface area contributed by atoms with Gasteiger partial charge < -0.3 is 14.6 Å². The number of nitrogens with zero attached hydrogens (tertiary/aromatic N) is 3. The maximum atomic E-state index is 13.8. The number of aromatic nitrogens is 1. The molecule has 0 aliphatic carbocycles. The van der Waals surface area contributed by atoms with E-state index in [-0.39, 0.29) is 28.1 Å². The van der Waals surface area contributed by atoms with Gasteiger partial charge in [0, 0.05) is 17.9 Å². The summed E-state index contributed by atoms with van der Waals surface area (Å²) in [6, 6.07) is 12.0. The van der Waals surface area contributed by atoms with Crippen molar-refractivity contribution in [2.45, 2.75) is 19.4 Å². The number of hydrogen-bond donors (Lipinski definition) is 1. The highest BCUT2D eigenvalue weighted by Crippen LogP contribution is 2.40. The highest BCUT2D eigenvalue weighted by Gasteiger charge is 2.43. The molecule has 3 amide bonds. The van der Waals surface area contributed by atoms with Crippen molar-refractivity contribution in [3.05, 3.63) is 76.4 Å². The van der Waals surface area contributed by atoms with Crippen LogP contribution in [0.1, 0.15) is 48.9 Å². The van der Waals surface area contributed by atoms with Gasteiger partial charge in [-0.3, -0.25) is 14.4 Å². The number of imide groups is 1. The second-order valence-corrected chi connectivity index (χ2v) is 7.70. The fourth-order valence-electron chi connectivity index (χ4n) is 4.41. The predicted molar refractivity (Wildman–Crippen MR) is 116 cm³/mol. The van der Waals surface area contributed by atoms with Gasteiger partial charge in [-0.05, 0) is 55.3 Å². The SMILES string of the molecule is COc1ccc(NC(=O)c2c(N3C(=O)c4ccc(F)cc4C3=O)c(C#N)c3n2CCC3)cc1. The zero-order valence-corrected chi connectivity index (χ0v) is 17.5. The minimum Gasteiger partial charge on any atom is -0.497 e. The van der Waals surface area contributed by atoms with E-state index in [9.17, 15) is 24.0 Å². The number of rotatable bonds is 4. The van der Waals surface area contributed by atoms with Gasteiger partial charge in [-0.25, -0.2) is 9.29 Å². The molecule has 3 heterocycles. The van der Waals surface area contributed by atoms with Gasteiger partial charge in [0.05, 0.1) is 23.8 Å². The van der Waals surface area contributed by atoms with Crippen LogP contribution in [0.2, 0.25) is 0 Å². The Labute approximate surface area is 187 Å². The summed E-state index contributed by atoms with van der Waals surface area (Å²) in [4.78, 5) is 40.5. The first kappa shape index (κ1) is 20.5. The van der Waals surface area contributed by atoms with Crippen LogP contribution in [0, 0.1) is 17.1 Å². The molecule has 0 radical (unpaired) electrons. The molecule has 0 unspecified atom stereocenters. The third kappa shape index (κ3) is 3.07. The lowest BCUT2D eigenvalue weighted by Crippen LogP contribution is -2.32. The van der Waals surface area contributed by atoms with E-state index in [2.05, 4.69) is 11.4 Å². The molecule has 5 rings (SSSR count). The fourth-order valence-corrected chi connectivity index (χ4v) is 4.41. The van der Waals surface area contributed by atoms with E-state index in [1.165, 1.54) is 13.2 Å². The summed E-state index contributed by atoms with van der Waals surface area (Å²) < 4.78 is 20.6. The van der Waals surface area contributed by atoms with Crippen LogP contribution in [0.25, 0.3) is 0 Å². The summed E-state index contributed by atoms with van der Waals surface area (Å²) in [6.07, 6.45) is 1.25. The van der Waals surface area contributed by atoms with Crippen LogP contribution in [0.5, 0.6) is 5.75 Å². The van der Waals surface area contributed by atoms with Crippen molar-refractivity contribution in [3.8, 4) is 11.8 Å². The first-order valence-electron chi connectivity index (χ1n) is 10.2. The van der Waals surface area contributed by atoms with Crippen LogP contribution in [-0.4, -0.2) is 29.4 Å². The molecule has 0 saturated heterocycles. The number of ether oxygens (including phenoxy) is 1. The number of carbonyl (C=O) groups is 3. The standard InChI is InChI=1S/C24H17FN4O4/c1-33-15-7-5-14(6-8-15)27-22(30)21-20(18(12-26)19-3-2-10-28(19)21)29-23(31)16-9-4-13(25)11-17(16)24(29)32/h4-9,11H,2-3,10H2,1H3,(H,27,30). The Hall–Kier alpha value is -4.45. The second-order valence-electron chi connectivity index (χ2n) is 7.70. The van der Waals surface area contributed by atoms with Crippen molar-refractivity contribution in [2.24, 2.45) is 0 Å². The minimum absolute atomic E-state index is 0.0261. The van der Waals surface area contributed by atoms with Gasteiger partial charge in [-0.1, -0.05) is 0 Å². The van der Waals surface area contributed by atoms with E-state index in [0.29, 0.717) is 30.1 Å². The summed E-state index contributed by atoms with van der Waals surface area (Å²) in [5.41, 5.74) is 1.07. The number of nitrogens with one attached hydrogen (secondary N) is 1. The number of hydrogen-bond acceptors (Lipinski definition) is 5. The number of amides is 3. The highest BCUT2D eigenvalue weighted by molar-refractivity contribution is 6.36. The number of fused-ring (bicyclic) bond motifs is 2. The lowest BCUT2D eigenvalue weighted by molar-refractivity contribution is 0.0926. The summed E-state index contributed by atoms with van der Waals surface area (Å²) >= 11 is 0. The normalized spacial score (nSPS) is 14.2. The van der Waals surface area contributed by atoms with Crippen molar-refractivity contribution < 1.29 is 23.5 Å². The maximum Gasteiger partial charge on any atom is 0.274 e. The number of halogens is 1. The maximum absolute atomic E-state index is 13.8. The molecule has 0 saturated carbocycles. The molecule has 0 fully saturated rings. The summed E-state index contributed by atoms with van der Waals surface area (Å²) in [6.45, 7) is 0.465. The van der Waals surface area contributed by atoms with E-state index in [1.54, 1.807) is 28.8 Å². The molecule has 0 spiro atoms. The van der Waals surface area contributed by atoms with Crippen LogP contribution in [0.15, 0.2) is 42.5 Å². The van der Waals surface area contributed by atoms with Crippen LogP contribution in [0.4, 0.5) is 15.8 Å². The number of benzene rings is 2. The Morgan fingerprint density at radius 3 is 2.55 bits per heavy atom. The molecule has 2 aliphatic rings. The van der Waals surface area contributed by atoms with Crippen molar-refractivity contribution >= 4 is 29.1 Å². The molecule has 0 atom stereocenters. The van der Waals surface area contributed by atoms with Crippen molar-refractivity contribution in [1.82, 2.24) is 4.57 Å². The number of methoxy groups -OCH3 is 1. The van der Waals surface area contributed by atoms with E-state index in [4.69, 9.17) is 4.74 Å². The topological polar surface area (TPSA) is 104 Å². The van der Waals surface area contributed by atoms with Crippen molar-refractivity contribution in [2.75, 3.05) is 17.3 Å². The molecule has 1 N–H and O–H groups in total. The Kier molecular flexibility index (Phi) is 4.71. The summed E-state index contributed by atoms with van der Waals surface area (Å²) in [5.74, 6) is -2.08. The van der Waals surface area contributed by atoms with Crippen LogP contribution >= 0.6 is 0 Å². The first-order valence-corrected chi connectivity index (χ1v) is 10.2. The van der Waals surface area contributed by atoms with Crippen molar-refractivity contribution in [3.63, 3.8) is 0 Å². The predicted octanol–water partition coefficient (Wildman–Crippen LogP) is 3.51. The molecule has 2 aliphatic heterocycles. The monoisotopic (exact) mass is 444 g/mol. The van der Waals surface area contributed by atoms with E-state index in [1.807, 2.05) is 0 Å². The van der Waals surface area contributed by atoms with E-state index >= 15 is 0 Å². The molecule has 164 valence electrons. The average molecular weight is 444 g/mol. The molecule has 0 bridgehead atoms. The van der Waals surface area contributed by atoms with Gasteiger partial charge in [0.2, 0.25) is 0 Å². The summed E-state index contributed by atoms with van der Waals surface area (Å²) in [5, 5.41) is 12.7. The molecule has 3 aromatic rings. The smallest absolute Gasteiger partial charge is 0.274 e. The fraction of sp³-hybridized carbons (Fsp3) is 0.167. The van der Waals surface area contributed by atoms with Gasteiger partial charge >= 0.3 is 0 Å². The van der Waals surface area contributed by atoms with Gasteiger partial charge in [-0.2, -0.15) is 5.26 Å². The van der Waals surface area contributed by atoms with Crippen molar-refractivity contribution in [1.29, 1.82) is 5.26 Å². The van der Waals surface area contributed by atoms with Gasteiger partial charge in [0.1, 0.15) is 29.0 Å². The second kappa shape index (κ2) is 7.60. The number of anilines is 2. The molecule has 2 aromatic carbocycles. The largest absolute Gasteiger partial charge is 0.497 e. The first-order chi connectivity index (χ1) is 15.9. The lowest BCUT2D eigenvalue weighted by Gasteiger charge is -2.17. The quantitative estimate of drug-likeness (QED) is 0.620. The molecule has 9 heteroatoms. The van der Waals surface area contributed by atoms with Gasteiger partial charge in [0.15, 0.2) is 0 Å². The third-order valence-corrected chi connectivity index (χ3v) is 5.89. The van der Waals surface area contributed by atoms with Crippen LogP contribution in [-0.2, 0) is 13.0 Å². The van der Waals surface area contributed by atoms with E-state index in [0.717, 1.165) is 23.5 Å². The Balaban J connectivity index is 1.63. The average Bonchev–Trinajstić information content (AvgIpc) is 3.45. The van der Waals surface area contributed by atoms with Crippen LogP contribution < -0.4 is 15.0 Å². The third-order valence-electron chi connectivity index (χ3n) is 5.89. The number of nitriles is 1. The van der Waals surface area contributed by atoms with Gasteiger partial charge in [0.25, 0.3) is 17.7 Å². The molecule has 8 nitrogen and oxygen atoms in total. The zero-order chi connectivity index (χ0) is 23.3. The number of carbonyl (C=O) groups excluding carboxylic acids is 3. The molecule has 1 aromatic heterocycles. The molecular formula is C24H17FN4O4. The lowest BCUT2D eigenvalue weighted by atomic mass is 10.1. The zero-order valence-electron chi connectivity index (χ0n) is 17.5. The Morgan fingerprint density at radius 1 is 1.12 bits per heavy atom. The Morgan fingerprint density at radius 2 is 1.85 bits per heavy atom. The summed E-state index contributed by atoms with van der Waals surface area (Å²) in [7, 11) is 1.53.